The van der Waals surface area contributed by atoms with Gasteiger partial charge in [0.25, 0.3) is 0 Å². The fourth-order valence-electron chi connectivity index (χ4n) is 4.78. The SMILES string of the molecule is CCC(=C1CCC(=O)C1=C(CC)c1ccc(N)cc1CC)c1ccc(N)cc1CC. The van der Waals surface area contributed by atoms with Gasteiger partial charge in [0.05, 0.1) is 0 Å². The normalized spacial score (nSPS) is 17.4. The summed E-state index contributed by atoms with van der Waals surface area (Å²) < 4.78 is 0. The van der Waals surface area contributed by atoms with Gasteiger partial charge >= 0.3 is 0 Å². The van der Waals surface area contributed by atoms with E-state index in [2.05, 4.69) is 45.9 Å². The lowest BCUT2D eigenvalue weighted by atomic mass is 9.85. The van der Waals surface area contributed by atoms with E-state index in [0.717, 1.165) is 54.6 Å². The number of benzene rings is 2. The first-order valence-electron chi connectivity index (χ1n) is 11.2. The first-order valence-corrected chi connectivity index (χ1v) is 11.2. The van der Waals surface area contributed by atoms with E-state index >= 15 is 0 Å². The Hall–Kier alpha value is -2.81. The van der Waals surface area contributed by atoms with Crippen LogP contribution in [0.1, 0.15) is 75.6 Å². The smallest absolute Gasteiger partial charge is 0.163 e. The molecule has 1 fully saturated rings. The van der Waals surface area contributed by atoms with Crippen molar-refractivity contribution in [3.8, 4) is 0 Å². The van der Waals surface area contributed by atoms with E-state index in [-0.39, 0.29) is 5.78 Å². The van der Waals surface area contributed by atoms with Gasteiger partial charge in [0.15, 0.2) is 5.78 Å². The van der Waals surface area contributed by atoms with E-state index in [1.54, 1.807) is 0 Å². The number of hydrogen-bond acceptors (Lipinski definition) is 3. The molecule has 0 radical (unpaired) electrons. The van der Waals surface area contributed by atoms with Crippen molar-refractivity contribution in [1.29, 1.82) is 0 Å². The summed E-state index contributed by atoms with van der Waals surface area (Å²) >= 11 is 0. The lowest BCUT2D eigenvalue weighted by Crippen LogP contribution is -2.04. The zero-order valence-corrected chi connectivity index (χ0v) is 18.8. The molecule has 1 aliphatic rings. The average molecular weight is 403 g/mol. The van der Waals surface area contributed by atoms with Gasteiger partial charge in [-0.2, -0.15) is 0 Å². The number of carbonyl (C=O) groups is 1. The second-order valence-corrected chi connectivity index (χ2v) is 7.98. The van der Waals surface area contributed by atoms with Crippen molar-refractivity contribution < 1.29 is 4.79 Å². The van der Waals surface area contributed by atoms with Crippen LogP contribution in [0.2, 0.25) is 0 Å². The molecule has 0 saturated heterocycles. The molecular formula is C27H34N2O. The maximum Gasteiger partial charge on any atom is 0.163 e. The molecular weight excluding hydrogens is 368 g/mol. The van der Waals surface area contributed by atoms with Gasteiger partial charge in [-0.05, 0) is 95.3 Å². The quantitative estimate of drug-likeness (QED) is 0.436. The highest BCUT2D eigenvalue weighted by Crippen LogP contribution is 2.42. The number of carbonyl (C=O) groups excluding carboxylic acids is 1. The van der Waals surface area contributed by atoms with E-state index in [0.29, 0.717) is 6.42 Å². The van der Waals surface area contributed by atoms with E-state index in [4.69, 9.17) is 11.5 Å². The number of allylic oxidation sites excluding steroid dienone is 4. The lowest BCUT2D eigenvalue weighted by molar-refractivity contribution is -0.114. The summed E-state index contributed by atoms with van der Waals surface area (Å²) in [5.74, 6) is 0.264. The largest absolute Gasteiger partial charge is 0.399 e. The lowest BCUT2D eigenvalue weighted by Gasteiger charge is -2.19. The van der Waals surface area contributed by atoms with Gasteiger partial charge < -0.3 is 11.5 Å². The van der Waals surface area contributed by atoms with E-state index < -0.39 is 0 Å². The fourth-order valence-corrected chi connectivity index (χ4v) is 4.78. The van der Waals surface area contributed by atoms with Crippen LogP contribution in [-0.4, -0.2) is 5.78 Å². The molecule has 1 aliphatic carbocycles. The molecule has 4 N–H and O–H groups in total. The molecule has 3 nitrogen and oxygen atoms in total. The Morgan fingerprint density at radius 3 is 1.73 bits per heavy atom. The Labute approximate surface area is 180 Å². The second kappa shape index (κ2) is 9.34. The van der Waals surface area contributed by atoms with Crippen LogP contribution >= 0.6 is 0 Å². The molecule has 0 aromatic heterocycles. The zero-order chi connectivity index (χ0) is 21.8. The van der Waals surface area contributed by atoms with E-state index in [1.807, 2.05) is 18.2 Å². The predicted octanol–water partition coefficient (Wildman–Crippen LogP) is 6.37. The molecule has 0 unspecified atom stereocenters. The van der Waals surface area contributed by atoms with Crippen molar-refractivity contribution in [2.24, 2.45) is 0 Å². The predicted molar refractivity (Wildman–Crippen MR) is 129 cm³/mol. The highest BCUT2D eigenvalue weighted by molar-refractivity contribution is 6.11. The number of Topliss-reactive ketones (excluding diaryl/α,β-unsaturated/α-hetero) is 1. The third-order valence-corrected chi connectivity index (χ3v) is 6.23. The molecule has 0 heterocycles. The molecule has 158 valence electrons. The van der Waals surface area contributed by atoms with Crippen LogP contribution in [0.4, 0.5) is 11.4 Å². The van der Waals surface area contributed by atoms with Crippen molar-refractivity contribution >= 4 is 28.3 Å². The molecule has 2 aromatic carbocycles. The highest BCUT2D eigenvalue weighted by atomic mass is 16.1. The number of nitrogens with two attached hydrogens (primary N) is 2. The maximum atomic E-state index is 13.1. The first kappa shape index (κ1) is 21.9. The molecule has 0 amide bonds. The maximum absolute atomic E-state index is 13.1. The van der Waals surface area contributed by atoms with Crippen LogP contribution in [0.25, 0.3) is 11.1 Å². The minimum absolute atomic E-state index is 0.264. The van der Waals surface area contributed by atoms with Crippen LogP contribution < -0.4 is 11.5 Å². The van der Waals surface area contributed by atoms with Crippen LogP contribution in [0.5, 0.6) is 0 Å². The second-order valence-electron chi connectivity index (χ2n) is 7.98. The van der Waals surface area contributed by atoms with Crippen molar-refractivity contribution in [2.45, 2.75) is 66.2 Å². The summed E-state index contributed by atoms with van der Waals surface area (Å²) in [6.45, 7) is 8.63. The summed E-state index contributed by atoms with van der Waals surface area (Å²) in [6.07, 6.45) is 4.92. The number of aryl methyl sites for hydroxylation is 2. The van der Waals surface area contributed by atoms with Crippen molar-refractivity contribution in [3.63, 3.8) is 0 Å². The zero-order valence-electron chi connectivity index (χ0n) is 18.8. The Bertz CT molecular complexity index is 1030. The molecule has 2 aromatic rings. The molecule has 0 spiro atoms. The topological polar surface area (TPSA) is 69.1 Å². The summed E-state index contributed by atoms with van der Waals surface area (Å²) in [5.41, 5.74) is 23.1. The number of hydrogen-bond donors (Lipinski definition) is 2. The number of ketones is 1. The van der Waals surface area contributed by atoms with Crippen LogP contribution in [-0.2, 0) is 17.6 Å². The molecule has 1 saturated carbocycles. The summed E-state index contributed by atoms with van der Waals surface area (Å²) in [6, 6.07) is 12.3. The minimum Gasteiger partial charge on any atom is -0.399 e. The van der Waals surface area contributed by atoms with Crippen LogP contribution in [0.3, 0.4) is 0 Å². The number of nitrogen functional groups attached to an aromatic ring is 2. The van der Waals surface area contributed by atoms with Crippen molar-refractivity contribution in [2.75, 3.05) is 11.5 Å². The van der Waals surface area contributed by atoms with E-state index in [1.165, 1.54) is 33.4 Å². The van der Waals surface area contributed by atoms with Crippen molar-refractivity contribution in [3.05, 3.63) is 69.8 Å². The summed E-state index contributed by atoms with van der Waals surface area (Å²) in [7, 11) is 0. The average Bonchev–Trinajstić information content (AvgIpc) is 3.12. The van der Waals surface area contributed by atoms with Gasteiger partial charge in [0, 0.05) is 23.4 Å². The molecule has 0 aliphatic heterocycles. The van der Waals surface area contributed by atoms with E-state index in [9.17, 15) is 4.79 Å². The van der Waals surface area contributed by atoms with Gasteiger partial charge in [-0.1, -0.05) is 39.8 Å². The van der Waals surface area contributed by atoms with Crippen LogP contribution in [0.15, 0.2) is 47.5 Å². The highest BCUT2D eigenvalue weighted by Gasteiger charge is 2.29. The Kier molecular flexibility index (Phi) is 6.81. The Balaban J connectivity index is 2.30. The van der Waals surface area contributed by atoms with Crippen LogP contribution in [0, 0.1) is 0 Å². The van der Waals surface area contributed by atoms with Crippen molar-refractivity contribution in [1.82, 2.24) is 0 Å². The monoisotopic (exact) mass is 402 g/mol. The molecule has 0 bridgehead atoms. The third-order valence-electron chi connectivity index (χ3n) is 6.23. The molecule has 3 heteroatoms. The number of rotatable bonds is 6. The van der Waals surface area contributed by atoms with Gasteiger partial charge in [-0.25, -0.2) is 0 Å². The first-order chi connectivity index (χ1) is 14.4. The number of anilines is 2. The summed E-state index contributed by atoms with van der Waals surface area (Å²) in [4.78, 5) is 13.1. The third kappa shape index (κ3) is 4.07. The molecule has 0 atom stereocenters. The molecule has 3 rings (SSSR count). The van der Waals surface area contributed by atoms with Gasteiger partial charge in [-0.3, -0.25) is 4.79 Å². The van der Waals surface area contributed by atoms with Gasteiger partial charge in [0.2, 0.25) is 0 Å². The molecule has 30 heavy (non-hydrogen) atoms. The summed E-state index contributed by atoms with van der Waals surface area (Å²) in [5, 5.41) is 0. The van der Waals surface area contributed by atoms with Gasteiger partial charge in [-0.15, -0.1) is 0 Å². The Morgan fingerprint density at radius 2 is 1.27 bits per heavy atom. The standard InChI is InChI=1S/C27H34N2O/c1-5-17-15-19(28)9-11-23(17)21(7-3)25-13-14-26(30)27(25)22(8-4)24-12-10-20(29)16-18(24)6-2/h9-12,15-16H,5-8,13-14,28-29H2,1-4H3. The fraction of sp³-hybridized carbons (Fsp3) is 0.370. The Morgan fingerprint density at radius 1 is 0.767 bits per heavy atom. The minimum atomic E-state index is 0.264. The van der Waals surface area contributed by atoms with Gasteiger partial charge in [0.1, 0.15) is 0 Å².